The Morgan fingerprint density at radius 2 is 1.79 bits per heavy atom. The van der Waals surface area contributed by atoms with Crippen molar-refractivity contribution in [3.8, 4) is 5.75 Å². The van der Waals surface area contributed by atoms with Gasteiger partial charge in [-0.25, -0.2) is 9.36 Å². The molecule has 0 fully saturated rings. The monoisotopic (exact) mass is 487 g/mol. The maximum Gasteiger partial charge on any atom is 0.416 e. The van der Waals surface area contributed by atoms with Gasteiger partial charge in [-0.2, -0.15) is 18.3 Å². The number of aromatic nitrogens is 4. The minimum Gasteiger partial charge on any atom is -0.497 e. The number of nitrogens with one attached hydrogen (secondary N) is 1. The second-order valence-electron chi connectivity index (χ2n) is 7.38. The number of carbonyl (C=O) groups excluding carboxylic acids is 1. The summed E-state index contributed by atoms with van der Waals surface area (Å²) in [6.45, 7) is -0.265. The number of methoxy groups -OCH3 is 1. The molecule has 11 heteroatoms. The molecule has 176 valence electrons. The van der Waals surface area contributed by atoms with Crippen molar-refractivity contribution >= 4 is 23.8 Å². The SMILES string of the molecule is COc1ccc(Cc2nn(CC(=O)Nc3cccc(C(F)(F)F)c3)c(=S)n2-n2cccc2)cc1. The molecule has 2 heterocycles. The van der Waals surface area contributed by atoms with Crippen LogP contribution in [0.2, 0.25) is 0 Å². The number of rotatable bonds is 7. The van der Waals surface area contributed by atoms with Crippen LogP contribution in [0.5, 0.6) is 5.75 Å². The number of benzene rings is 2. The van der Waals surface area contributed by atoms with Crippen LogP contribution in [0.4, 0.5) is 18.9 Å². The third-order valence-corrected chi connectivity index (χ3v) is 5.37. The standard InChI is InChI=1S/C23H20F3N5O2S/c1-33-19-9-7-16(8-10-19)13-20-28-30(22(34)31(20)29-11-2-3-12-29)15-21(32)27-18-6-4-5-17(14-18)23(24,25)26/h2-12,14H,13,15H2,1H3,(H,27,32). The number of hydrogen-bond acceptors (Lipinski definition) is 4. The summed E-state index contributed by atoms with van der Waals surface area (Å²) >= 11 is 5.56. The Kier molecular flexibility index (Phi) is 6.55. The number of alkyl halides is 3. The van der Waals surface area contributed by atoms with Gasteiger partial charge in [0, 0.05) is 24.5 Å². The third kappa shape index (κ3) is 5.20. The highest BCUT2D eigenvalue weighted by atomic mass is 32.1. The quantitative estimate of drug-likeness (QED) is 0.381. The summed E-state index contributed by atoms with van der Waals surface area (Å²) in [4.78, 5) is 12.6. The van der Waals surface area contributed by atoms with Crippen molar-refractivity contribution in [2.24, 2.45) is 0 Å². The van der Waals surface area contributed by atoms with Gasteiger partial charge in [-0.15, -0.1) is 0 Å². The van der Waals surface area contributed by atoms with Crippen molar-refractivity contribution in [1.82, 2.24) is 19.1 Å². The molecule has 2 aromatic carbocycles. The van der Waals surface area contributed by atoms with Crippen LogP contribution in [-0.4, -0.2) is 32.1 Å². The van der Waals surface area contributed by atoms with Gasteiger partial charge in [0.05, 0.1) is 12.7 Å². The first-order valence-electron chi connectivity index (χ1n) is 10.2. The molecule has 0 radical (unpaired) electrons. The highest BCUT2D eigenvalue weighted by Gasteiger charge is 2.30. The van der Waals surface area contributed by atoms with Gasteiger partial charge >= 0.3 is 6.18 Å². The molecule has 0 spiro atoms. The lowest BCUT2D eigenvalue weighted by Crippen LogP contribution is -2.20. The minimum atomic E-state index is -4.50. The van der Waals surface area contributed by atoms with Crippen LogP contribution in [0, 0.1) is 4.77 Å². The topological polar surface area (TPSA) is 66.0 Å². The molecule has 0 atom stereocenters. The van der Waals surface area contributed by atoms with E-state index < -0.39 is 17.6 Å². The van der Waals surface area contributed by atoms with E-state index in [9.17, 15) is 18.0 Å². The molecule has 0 bridgehead atoms. The molecule has 4 aromatic rings. The summed E-state index contributed by atoms with van der Waals surface area (Å²) in [5.74, 6) is 0.754. The summed E-state index contributed by atoms with van der Waals surface area (Å²) < 4.78 is 49.1. The first-order valence-corrected chi connectivity index (χ1v) is 10.6. The van der Waals surface area contributed by atoms with E-state index >= 15 is 0 Å². The van der Waals surface area contributed by atoms with E-state index in [4.69, 9.17) is 17.0 Å². The molecule has 0 aliphatic rings. The summed E-state index contributed by atoms with van der Waals surface area (Å²) in [5, 5.41) is 7.00. The molecule has 1 amide bonds. The van der Waals surface area contributed by atoms with Crippen LogP contribution in [0.15, 0.2) is 73.1 Å². The zero-order chi connectivity index (χ0) is 24.3. The zero-order valence-corrected chi connectivity index (χ0v) is 18.8. The lowest BCUT2D eigenvalue weighted by molar-refractivity contribution is -0.137. The molecule has 34 heavy (non-hydrogen) atoms. The largest absolute Gasteiger partial charge is 0.497 e. The van der Waals surface area contributed by atoms with Gasteiger partial charge in [0.2, 0.25) is 10.7 Å². The molecule has 0 saturated heterocycles. The van der Waals surface area contributed by atoms with E-state index in [-0.39, 0.29) is 17.0 Å². The maximum absolute atomic E-state index is 13.0. The summed E-state index contributed by atoms with van der Waals surface area (Å²) in [7, 11) is 1.59. The normalized spacial score (nSPS) is 11.4. The molecule has 0 aliphatic carbocycles. The predicted molar refractivity (Wildman–Crippen MR) is 122 cm³/mol. The molecule has 4 rings (SSSR count). The fourth-order valence-corrected chi connectivity index (χ4v) is 3.69. The minimum absolute atomic E-state index is 0.0367. The fourth-order valence-electron chi connectivity index (χ4n) is 3.38. The van der Waals surface area contributed by atoms with Crippen molar-refractivity contribution in [3.63, 3.8) is 0 Å². The van der Waals surface area contributed by atoms with Crippen LogP contribution in [0.25, 0.3) is 0 Å². The molecule has 7 nitrogen and oxygen atoms in total. The van der Waals surface area contributed by atoms with E-state index in [1.807, 2.05) is 36.4 Å². The highest BCUT2D eigenvalue weighted by Crippen LogP contribution is 2.30. The van der Waals surface area contributed by atoms with Crippen LogP contribution in [0.3, 0.4) is 0 Å². The van der Waals surface area contributed by atoms with Crippen LogP contribution >= 0.6 is 12.2 Å². The maximum atomic E-state index is 13.0. The van der Waals surface area contributed by atoms with Gasteiger partial charge in [-0.3, -0.25) is 9.47 Å². The second kappa shape index (κ2) is 9.56. The van der Waals surface area contributed by atoms with Crippen molar-refractivity contribution in [1.29, 1.82) is 0 Å². The van der Waals surface area contributed by atoms with E-state index in [2.05, 4.69) is 10.4 Å². The molecular formula is C23H20F3N5O2S. The molecule has 0 saturated carbocycles. The number of carbonyl (C=O) groups is 1. The zero-order valence-electron chi connectivity index (χ0n) is 18.0. The Balaban J connectivity index is 1.59. The van der Waals surface area contributed by atoms with Crippen molar-refractivity contribution in [2.75, 3.05) is 12.4 Å². The average molecular weight is 488 g/mol. The first-order chi connectivity index (χ1) is 16.2. The third-order valence-electron chi connectivity index (χ3n) is 4.99. The Bertz CT molecular complexity index is 1340. The Morgan fingerprint density at radius 1 is 1.09 bits per heavy atom. The molecular weight excluding hydrogens is 467 g/mol. The summed E-state index contributed by atoms with van der Waals surface area (Å²) in [6, 6.07) is 15.6. The summed E-state index contributed by atoms with van der Waals surface area (Å²) in [6.07, 6.45) is -0.493. The Hall–Kier alpha value is -3.86. The number of halogens is 3. The van der Waals surface area contributed by atoms with Gasteiger partial charge in [0.1, 0.15) is 12.3 Å². The van der Waals surface area contributed by atoms with Crippen molar-refractivity contribution in [3.05, 3.63) is 94.8 Å². The lowest BCUT2D eigenvalue weighted by Gasteiger charge is -2.10. The number of ether oxygens (including phenoxy) is 1. The van der Waals surface area contributed by atoms with Crippen LogP contribution in [0.1, 0.15) is 17.0 Å². The molecule has 1 N–H and O–H groups in total. The molecule has 0 aliphatic heterocycles. The second-order valence-corrected chi connectivity index (χ2v) is 7.75. The number of nitrogens with zero attached hydrogens (tertiary/aromatic N) is 4. The van der Waals surface area contributed by atoms with Crippen LogP contribution < -0.4 is 10.1 Å². The van der Waals surface area contributed by atoms with Gasteiger partial charge < -0.3 is 10.1 Å². The Labute approximate surface area is 198 Å². The molecule has 0 unspecified atom stereocenters. The lowest BCUT2D eigenvalue weighted by atomic mass is 10.1. The van der Waals surface area contributed by atoms with E-state index in [1.54, 1.807) is 28.9 Å². The predicted octanol–water partition coefficient (Wildman–Crippen LogP) is 4.78. The van der Waals surface area contributed by atoms with E-state index in [1.165, 1.54) is 16.8 Å². The number of hydrogen-bond donors (Lipinski definition) is 1. The van der Waals surface area contributed by atoms with Crippen LogP contribution in [-0.2, 0) is 23.9 Å². The number of amides is 1. The average Bonchev–Trinajstić information content (AvgIpc) is 3.42. The highest BCUT2D eigenvalue weighted by molar-refractivity contribution is 7.71. The Morgan fingerprint density at radius 3 is 2.44 bits per heavy atom. The fraction of sp³-hybridized carbons (Fsp3) is 0.174. The van der Waals surface area contributed by atoms with Gasteiger partial charge in [0.25, 0.3) is 0 Å². The first kappa shape index (κ1) is 23.3. The van der Waals surface area contributed by atoms with Gasteiger partial charge in [-0.05, 0) is 60.2 Å². The van der Waals surface area contributed by atoms with Gasteiger partial charge in [-0.1, -0.05) is 18.2 Å². The number of anilines is 1. The molecule has 2 aromatic heterocycles. The van der Waals surface area contributed by atoms with E-state index in [0.717, 1.165) is 23.4 Å². The smallest absolute Gasteiger partial charge is 0.416 e. The van der Waals surface area contributed by atoms with Gasteiger partial charge in [0.15, 0.2) is 5.82 Å². The summed E-state index contributed by atoms with van der Waals surface area (Å²) in [5.41, 5.74) is 0.144. The van der Waals surface area contributed by atoms with Crippen molar-refractivity contribution in [2.45, 2.75) is 19.1 Å². The van der Waals surface area contributed by atoms with Crippen molar-refractivity contribution < 1.29 is 22.7 Å². The van der Waals surface area contributed by atoms with E-state index in [0.29, 0.717) is 12.2 Å².